The zero-order chi connectivity index (χ0) is 13.0. The Morgan fingerprint density at radius 1 is 1.39 bits per heavy atom. The molecule has 0 radical (unpaired) electrons. The standard InChI is InChI=1S/C12H21N3O3/c1-2-13-11(16)10-8-18-7-6-15(10)12(17)14-9-4-3-5-9/h9-10H,2-8H2,1H3,(H,13,16)(H,14,17). The van der Waals surface area contributed by atoms with E-state index in [-0.39, 0.29) is 24.6 Å². The Hall–Kier alpha value is -1.30. The van der Waals surface area contributed by atoms with Gasteiger partial charge in [0.1, 0.15) is 6.04 Å². The first-order chi connectivity index (χ1) is 8.72. The largest absolute Gasteiger partial charge is 0.377 e. The predicted molar refractivity (Wildman–Crippen MR) is 66.2 cm³/mol. The summed E-state index contributed by atoms with van der Waals surface area (Å²) in [6.45, 7) is 3.67. The average molecular weight is 255 g/mol. The van der Waals surface area contributed by atoms with Gasteiger partial charge in [0.15, 0.2) is 0 Å². The fourth-order valence-electron chi connectivity index (χ4n) is 2.17. The van der Waals surface area contributed by atoms with E-state index in [2.05, 4.69) is 10.6 Å². The van der Waals surface area contributed by atoms with Gasteiger partial charge in [-0.2, -0.15) is 0 Å². The molecule has 2 aliphatic rings. The fourth-order valence-corrected chi connectivity index (χ4v) is 2.17. The third kappa shape index (κ3) is 2.93. The van der Waals surface area contributed by atoms with Gasteiger partial charge in [0.25, 0.3) is 0 Å². The number of amides is 3. The third-order valence-corrected chi connectivity index (χ3v) is 3.48. The topological polar surface area (TPSA) is 70.7 Å². The van der Waals surface area contributed by atoms with Crippen molar-refractivity contribution in [2.24, 2.45) is 0 Å². The van der Waals surface area contributed by atoms with Crippen LogP contribution in [0.25, 0.3) is 0 Å². The Kier molecular flexibility index (Phi) is 4.41. The maximum absolute atomic E-state index is 12.1. The maximum atomic E-state index is 12.1. The molecule has 2 fully saturated rings. The van der Waals surface area contributed by atoms with Gasteiger partial charge in [0.05, 0.1) is 13.2 Å². The molecule has 1 saturated carbocycles. The molecular weight excluding hydrogens is 234 g/mol. The Labute approximate surface area is 107 Å². The molecule has 1 heterocycles. The lowest BCUT2D eigenvalue weighted by Gasteiger charge is -2.37. The van der Waals surface area contributed by atoms with E-state index in [0.29, 0.717) is 19.7 Å². The molecule has 1 unspecified atom stereocenters. The Morgan fingerprint density at radius 2 is 2.17 bits per heavy atom. The van der Waals surface area contributed by atoms with Crippen molar-refractivity contribution in [2.75, 3.05) is 26.3 Å². The van der Waals surface area contributed by atoms with E-state index < -0.39 is 6.04 Å². The highest BCUT2D eigenvalue weighted by Gasteiger charge is 2.34. The average Bonchev–Trinajstić information content (AvgIpc) is 2.34. The van der Waals surface area contributed by atoms with Gasteiger partial charge in [-0.3, -0.25) is 4.79 Å². The van der Waals surface area contributed by atoms with Crippen LogP contribution in [-0.2, 0) is 9.53 Å². The summed E-state index contributed by atoms with van der Waals surface area (Å²) in [5.74, 6) is -0.138. The molecule has 6 heteroatoms. The molecule has 1 atom stereocenters. The van der Waals surface area contributed by atoms with Gasteiger partial charge in [-0.15, -0.1) is 0 Å². The van der Waals surface area contributed by atoms with Crippen LogP contribution in [0.3, 0.4) is 0 Å². The highest BCUT2D eigenvalue weighted by Crippen LogP contribution is 2.19. The van der Waals surface area contributed by atoms with E-state index in [0.717, 1.165) is 12.8 Å². The van der Waals surface area contributed by atoms with Gasteiger partial charge in [-0.05, 0) is 26.2 Å². The van der Waals surface area contributed by atoms with Crippen molar-refractivity contribution in [3.8, 4) is 0 Å². The van der Waals surface area contributed by atoms with Crippen molar-refractivity contribution in [2.45, 2.75) is 38.3 Å². The number of nitrogens with zero attached hydrogens (tertiary/aromatic N) is 1. The summed E-state index contributed by atoms with van der Waals surface area (Å²) in [6, 6.07) is -0.353. The van der Waals surface area contributed by atoms with Crippen molar-refractivity contribution >= 4 is 11.9 Å². The van der Waals surface area contributed by atoms with E-state index in [4.69, 9.17) is 4.74 Å². The number of nitrogens with one attached hydrogen (secondary N) is 2. The minimum atomic E-state index is -0.501. The van der Waals surface area contributed by atoms with Crippen LogP contribution in [0.5, 0.6) is 0 Å². The van der Waals surface area contributed by atoms with Gasteiger partial charge in [0, 0.05) is 19.1 Å². The summed E-state index contributed by atoms with van der Waals surface area (Å²) in [7, 11) is 0. The molecule has 1 aliphatic carbocycles. The zero-order valence-corrected chi connectivity index (χ0v) is 10.8. The van der Waals surface area contributed by atoms with E-state index in [1.54, 1.807) is 4.90 Å². The molecule has 102 valence electrons. The van der Waals surface area contributed by atoms with Gasteiger partial charge in [-0.1, -0.05) is 0 Å². The summed E-state index contributed by atoms with van der Waals surface area (Å²) in [5.41, 5.74) is 0. The van der Waals surface area contributed by atoms with E-state index >= 15 is 0 Å². The Balaban J connectivity index is 1.93. The molecule has 3 amide bonds. The number of hydrogen-bond donors (Lipinski definition) is 2. The molecule has 0 aromatic carbocycles. The molecule has 2 N–H and O–H groups in total. The molecule has 0 aromatic rings. The van der Waals surface area contributed by atoms with Gasteiger partial charge in [-0.25, -0.2) is 4.79 Å². The predicted octanol–water partition coefficient (Wildman–Crippen LogP) is 0.0854. The van der Waals surface area contributed by atoms with Crippen LogP contribution < -0.4 is 10.6 Å². The van der Waals surface area contributed by atoms with Crippen molar-refractivity contribution in [1.29, 1.82) is 0 Å². The van der Waals surface area contributed by atoms with Crippen LogP contribution in [0.4, 0.5) is 4.79 Å². The summed E-state index contributed by atoms with van der Waals surface area (Å²) < 4.78 is 5.29. The molecule has 2 rings (SSSR count). The number of hydrogen-bond acceptors (Lipinski definition) is 3. The summed E-state index contributed by atoms with van der Waals surface area (Å²) in [5, 5.41) is 5.71. The maximum Gasteiger partial charge on any atom is 0.318 e. The second-order valence-electron chi connectivity index (χ2n) is 4.76. The first-order valence-corrected chi connectivity index (χ1v) is 6.65. The highest BCUT2D eigenvalue weighted by molar-refractivity contribution is 5.87. The van der Waals surface area contributed by atoms with Gasteiger partial charge in [0.2, 0.25) is 5.91 Å². The smallest absolute Gasteiger partial charge is 0.318 e. The number of likely N-dealkylation sites (N-methyl/N-ethyl adjacent to an activating group) is 1. The van der Waals surface area contributed by atoms with Crippen molar-refractivity contribution in [1.82, 2.24) is 15.5 Å². The van der Waals surface area contributed by atoms with Crippen LogP contribution >= 0.6 is 0 Å². The Morgan fingerprint density at radius 3 is 2.78 bits per heavy atom. The monoisotopic (exact) mass is 255 g/mol. The lowest BCUT2D eigenvalue weighted by atomic mass is 9.93. The molecule has 0 spiro atoms. The van der Waals surface area contributed by atoms with Crippen molar-refractivity contribution in [3.05, 3.63) is 0 Å². The summed E-state index contributed by atoms with van der Waals surface area (Å²) in [4.78, 5) is 25.6. The zero-order valence-electron chi connectivity index (χ0n) is 10.8. The van der Waals surface area contributed by atoms with E-state index in [1.807, 2.05) is 6.92 Å². The second kappa shape index (κ2) is 6.04. The first-order valence-electron chi connectivity index (χ1n) is 6.65. The number of ether oxygens (including phenoxy) is 1. The number of carbonyl (C=O) groups is 2. The van der Waals surface area contributed by atoms with Gasteiger partial charge >= 0.3 is 6.03 Å². The normalized spacial score (nSPS) is 24.3. The number of urea groups is 1. The highest BCUT2D eigenvalue weighted by atomic mass is 16.5. The summed E-state index contributed by atoms with van der Waals surface area (Å²) in [6.07, 6.45) is 3.26. The van der Waals surface area contributed by atoms with Crippen LogP contribution in [0.2, 0.25) is 0 Å². The molecule has 0 aromatic heterocycles. The summed E-state index contributed by atoms with van der Waals surface area (Å²) >= 11 is 0. The lowest BCUT2D eigenvalue weighted by molar-refractivity contribution is -0.130. The van der Waals surface area contributed by atoms with Crippen LogP contribution in [0, 0.1) is 0 Å². The quantitative estimate of drug-likeness (QED) is 0.750. The van der Waals surface area contributed by atoms with Crippen molar-refractivity contribution in [3.63, 3.8) is 0 Å². The van der Waals surface area contributed by atoms with Gasteiger partial charge < -0.3 is 20.3 Å². The SMILES string of the molecule is CCNC(=O)C1COCCN1C(=O)NC1CCC1. The number of morpholine rings is 1. The van der Waals surface area contributed by atoms with E-state index in [9.17, 15) is 9.59 Å². The molecular formula is C12H21N3O3. The molecule has 1 aliphatic heterocycles. The minimum absolute atomic E-state index is 0.138. The lowest BCUT2D eigenvalue weighted by Crippen LogP contribution is -2.59. The molecule has 1 saturated heterocycles. The second-order valence-corrected chi connectivity index (χ2v) is 4.76. The van der Waals surface area contributed by atoms with Crippen molar-refractivity contribution < 1.29 is 14.3 Å². The molecule has 6 nitrogen and oxygen atoms in total. The third-order valence-electron chi connectivity index (χ3n) is 3.48. The molecule has 18 heavy (non-hydrogen) atoms. The number of carbonyl (C=O) groups excluding carboxylic acids is 2. The Bertz CT molecular complexity index is 318. The van der Waals surface area contributed by atoms with Crippen LogP contribution in [0.15, 0.2) is 0 Å². The first kappa shape index (κ1) is 13.1. The van der Waals surface area contributed by atoms with E-state index in [1.165, 1.54) is 6.42 Å². The molecule has 0 bridgehead atoms. The van der Waals surface area contributed by atoms with Crippen LogP contribution in [0.1, 0.15) is 26.2 Å². The minimum Gasteiger partial charge on any atom is -0.377 e. The number of rotatable bonds is 3. The fraction of sp³-hybridized carbons (Fsp3) is 0.833. The van der Waals surface area contributed by atoms with Crippen LogP contribution in [-0.4, -0.2) is 55.2 Å².